The predicted octanol–water partition coefficient (Wildman–Crippen LogP) is 3.01. The molecule has 0 aliphatic heterocycles. The Bertz CT molecular complexity index is 551. The van der Waals surface area contributed by atoms with Crippen molar-refractivity contribution >= 4 is 17.7 Å². The number of carboxylic acids is 1. The summed E-state index contributed by atoms with van der Waals surface area (Å²) in [7, 11) is 0. The van der Waals surface area contributed by atoms with Gasteiger partial charge >= 0.3 is 5.97 Å². The minimum absolute atomic E-state index is 0.289. The first-order valence-electron chi connectivity index (χ1n) is 5.96. The zero-order valence-corrected chi connectivity index (χ0v) is 11.3. The second kappa shape index (κ2) is 6.38. The molecule has 2 aromatic rings. The lowest BCUT2D eigenvalue weighted by Gasteiger charge is -1.99. The van der Waals surface area contributed by atoms with E-state index in [0.29, 0.717) is 16.9 Å². The van der Waals surface area contributed by atoms with Gasteiger partial charge in [0.1, 0.15) is 0 Å². The van der Waals surface area contributed by atoms with Crippen LogP contribution in [0.2, 0.25) is 0 Å². The molecule has 100 valence electrons. The van der Waals surface area contributed by atoms with Gasteiger partial charge in [-0.25, -0.2) is 4.79 Å². The number of benzene rings is 1. The van der Waals surface area contributed by atoms with Crippen molar-refractivity contribution < 1.29 is 14.3 Å². The molecule has 0 aliphatic rings. The van der Waals surface area contributed by atoms with Gasteiger partial charge < -0.3 is 9.52 Å². The number of rotatable bonds is 6. The van der Waals surface area contributed by atoms with Gasteiger partial charge in [0.15, 0.2) is 0 Å². The zero-order chi connectivity index (χ0) is 13.7. The number of carboxylic acid groups (broad SMARTS) is 1. The molecule has 0 saturated heterocycles. The van der Waals surface area contributed by atoms with E-state index in [-0.39, 0.29) is 5.56 Å². The lowest BCUT2D eigenvalue weighted by molar-refractivity contribution is 0.0697. The van der Waals surface area contributed by atoms with Gasteiger partial charge in [0.2, 0.25) is 5.89 Å². The molecular weight excluding hydrogens is 264 g/mol. The van der Waals surface area contributed by atoms with Crippen LogP contribution in [-0.2, 0) is 12.2 Å². The topological polar surface area (TPSA) is 76.2 Å². The Hall–Kier alpha value is -1.82. The summed E-state index contributed by atoms with van der Waals surface area (Å²) in [5.74, 6) is 0.416. The normalized spacial score (nSPS) is 10.6. The maximum absolute atomic E-state index is 10.7. The lowest BCUT2D eigenvalue weighted by atomic mass is 10.1. The van der Waals surface area contributed by atoms with Crippen LogP contribution in [0.4, 0.5) is 0 Å². The monoisotopic (exact) mass is 278 g/mol. The van der Waals surface area contributed by atoms with Gasteiger partial charge in [0.25, 0.3) is 5.22 Å². The van der Waals surface area contributed by atoms with E-state index >= 15 is 0 Å². The van der Waals surface area contributed by atoms with Crippen molar-refractivity contribution in [1.82, 2.24) is 10.2 Å². The molecule has 0 atom stereocenters. The van der Waals surface area contributed by atoms with Crippen LogP contribution >= 0.6 is 11.8 Å². The zero-order valence-electron chi connectivity index (χ0n) is 10.5. The van der Waals surface area contributed by atoms with Gasteiger partial charge in [-0.3, -0.25) is 0 Å². The Balaban J connectivity index is 1.92. The van der Waals surface area contributed by atoms with Crippen molar-refractivity contribution in [3.05, 3.63) is 41.3 Å². The molecule has 19 heavy (non-hydrogen) atoms. The van der Waals surface area contributed by atoms with Crippen LogP contribution < -0.4 is 0 Å². The van der Waals surface area contributed by atoms with E-state index in [0.717, 1.165) is 18.4 Å². The molecule has 0 unspecified atom stereocenters. The van der Waals surface area contributed by atoms with E-state index in [1.165, 1.54) is 11.8 Å². The van der Waals surface area contributed by atoms with Crippen molar-refractivity contribution in [3.8, 4) is 0 Å². The standard InChI is InChI=1S/C13H14N2O3S/c1-2-3-11-14-15-13(18-11)19-8-9-4-6-10(7-5-9)12(16)17/h4-7H,2-3,8H2,1H3,(H,16,17). The molecule has 1 heterocycles. The highest BCUT2D eigenvalue weighted by Gasteiger charge is 2.07. The Morgan fingerprint density at radius 3 is 2.68 bits per heavy atom. The summed E-state index contributed by atoms with van der Waals surface area (Å²) in [4.78, 5) is 10.7. The molecule has 0 saturated carbocycles. The summed E-state index contributed by atoms with van der Waals surface area (Å²) in [5.41, 5.74) is 1.31. The Kier molecular flexibility index (Phi) is 4.57. The lowest BCUT2D eigenvalue weighted by Crippen LogP contribution is -1.95. The summed E-state index contributed by atoms with van der Waals surface area (Å²) in [5, 5.41) is 17.2. The van der Waals surface area contributed by atoms with Crippen molar-refractivity contribution in [2.75, 3.05) is 0 Å². The van der Waals surface area contributed by atoms with Gasteiger partial charge in [0, 0.05) is 12.2 Å². The van der Waals surface area contributed by atoms with E-state index < -0.39 is 5.97 Å². The second-order valence-electron chi connectivity index (χ2n) is 4.00. The number of nitrogens with zero attached hydrogens (tertiary/aromatic N) is 2. The van der Waals surface area contributed by atoms with Gasteiger partial charge in [-0.1, -0.05) is 30.8 Å². The molecule has 0 spiro atoms. The third-order valence-electron chi connectivity index (χ3n) is 2.48. The number of aromatic carboxylic acids is 1. The summed E-state index contributed by atoms with van der Waals surface area (Å²) >= 11 is 1.45. The third-order valence-corrected chi connectivity index (χ3v) is 3.36. The van der Waals surface area contributed by atoms with E-state index in [4.69, 9.17) is 9.52 Å². The molecule has 0 aliphatic carbocycles. The predicted molar refractivity (Wildman–Crippen MR) is 71.3 cm³/mol. The van der Waals surface area contributed by atoms with Crippen LogP contribution in [-0.4, -0.2) is 21.3 Å². The summed E-state index contributed by atoms with van der Waals surface area (Å²) < 4.78 is 5.45. The fourth-order valence-electron chi connectivity index (χ4n) is 1.50. The largest absolute Gasteiger partial charge is 0.478 e. The summed E-state index contributed by atoms with van der Waals surface area (Å²) in [6.07, 6.45) is 1.77. The van der Waals surface area contributed by atoms with Crippen LogP contribution in [0.25, 0.3) is 0 Å². The quantitative estimate of drug-likeness (QED) is 0.818. The fraction of sp³-hybridized carbons (Fsp3) is 0.308. The van der Waals surface area contributed by atoms with Crippen molar-refractivity contribution in [2.24, 2.45) is 0 Å². The number of aromatic nitrogens is 2. The maximum Gasteiger partial charge on any atom is 0.335 e. The third kappa shape index (κ3) is 3.82. The fourth-order valence-corrected chi connectivity index (χ4v) is 2.24. The highest BCUT2D eigenvalue weighted by molar-refractivity contribution is 7.98. The molecular formula is C13H14N2O3S. The average Bonchev–Trinajstić information content (AvgIpc) is 2.85. The van der Waals surface area contributed by atoms with E-state index in [1.54, 1.807) is 24.3 Å². The van der Waals surface area contributed by atoms with E-state index in [9.17, 15) is 4.79 Å². The number of aryl methyl sites for hydroxylation is 1. The maximum atomic E-state index is 10.7. The number of hydrogen-bond donors (Lipinski definition) is 1. The van der Waals surface area contributed by atoms with Crippen LogP contribution in [0, 0.1) is 0 Å². The van der Waals surface area contributed by atoms with Gasteiger partial charge in [0.05, 0.1) is 5.56 Å². The first-order valence-corrected chi connectivity index (χ1v) is 6.95. The van der Waals surface area contributed by atoms with Gasteiger partial charge in [-0.2, -0.15) is 0 Å². The first kappa shape index (κ1) is 13.6. The molecule has 1 N–H and O–H groups in total. The Morgan fingerprint density at radius 2 is 2.05 bits per heavy atom. The highest BCUT2D eigenvalue weighted by atomic mass is 32.2. The van der Waals surface area contributed by atoms with Crippen LogP contribution in [0.3, 0.4) is 0 Å². The van der Waals surface area contributed by atoms with Crippen molar-refractivity contribution in [1.29, 1.82) is 0 Å². The summed E-state index contributed by atoms with van der Waals surface area (Å²) in [6, 6.07) is 6.77. The smallest absolute Gasteiger partial charge is 0.335 e. The molecule has 1 aromatic heterocycles. The van der Waals surface area contributed by atoms with E-state index in [1.807, 2.05) is 0 Å². The highest BCUT2D eigenvalue weighted by Crippen LogP contribution is 2.22. The van der Waals surface area contributed by atoms with Gasteiger partial charge in [-0.15, -0.1) is 10.2 Å². The van der Waals surface area contributed by atoms with Crippen molar-refractivity contribution in [2.45, 2.75) is 30.7 Å². The van der Waals surface area contributed by atoms with Crippen molar-refractivity contribution in [3.63, 3.8) is 0 Å². The molecule has 0 bridgehead atoms. The molecule has 6 heteroatoms. The first-order chi connectivity index (χ1) is 9.19. The minimum Gasteiger partial charge on any atom is -0.478 e. The molecule has 1 aromatic carbocycles. The number of carbonyl (C=O) groups is 1. The Morgan fingerprint density at radius 1 is 1.32 bits per heavy atom. The SMILES string of the molecule is CCCc1nnc(SCc2ccc(C(=O)O)cc2)o1. The van der Waals surface area contributed by atoms with E-state index in [2.05, 4.69) is 17.1 Å². The average molecular weight is 278 g/mol. The number of thioether (sulfide) groups is 1. The van der Waals surface area contributed by atoms with Crippen LogP contribution in [0.1, 0.15) is 35.2 Å². The molecule has 0 fully saturated rings. The molecule has 2 rings (SSSR count). The molecule has 0 amide bonds. The summed E-state index contributed by atoms with van der Waals surface area (Å²) in [6.45, 7) is 2.06. The molecule has 0 radical (unpaired) electrons. The van der Waals surface area contributed by atoms with Gasteiger partial charge in [-0.05, 0) is 24.1 Å². The molecule has 5 nitrogen and oxygen atoms in total. The van der Waals surface area contributed by atoms with Crippen LogP contribution in [0.15, 0.2) is 33.9 Å². The minimum atomic E-state index is -0.916. The Labute approximate surface area is 115 Å². The van der Waals surface area contributed by atoms with Crippen LogP contribution in [0.5, 0.6) is 0 Å². The second-order valence-corrected chi connectivity index (χ2v) is 4.93. The number of hydrogen-bond acceptors (Lipinski definition) is 5.